The van der Waals surface area contributed by atoms with Gasteiger partial charge in [-0.3, -0.25) is 9.59 Å². The maximum atomic E-state index is 12.8. The molecule has 114 valence electrons. The van der Waals surface area contributed by atoms with Gasteiger partial charge >= 0.3 is 0 Å². The second kappa shape index (κ2) is 5.42. The van der Waals surface area contributed by atoms with Crippen molar-refractivity contribution in [3.8, 4) is 6.07 Å². The molecular weight excluding hydrogens is 276 g/mol. The first-order valence-corrected chi connectivity index (χ1v) is 7.32. The number of fused-ring (bicyclic) bond motifs is 1. The Labute approximate surface area is 131 Å². The molecule has 1 aliphatic rings. The second-order valence-corrected chi connectivity index (χ2v) is 6.73. The van der Waals surface area contributed by atoms with E-state index < -0.39 is 5.41 Å². The molecule has 1 amide bonds. The normalized spacial score (nSPS) is 16.6. The third-order valence-electron chi connectivity index (χ3n) is 3.65. The highest BCUT2D eigenvalue weighted by Crippen LogP contribution is 2.40. The standard InChI is InChI=1S/C18H20N2O2/c1-11(2)20-14-9-7-6-8-12(14)15(17(20)22)13(10-19)16(21)18(3,4)5/h6-9,11H,1-5H3. The Morgan fingerprint density at radius 2 is 1.82 bits per heavy atom. The molecule has 22 heavy (non-hydrogen) atoms. The average Bonchev–Trinajstić information content (AvgIpc) is 2.72. The smallest absolute Gasteiger partial charge is 0.260 e. The number of nitrogens with zero attached hydrogens (tertiary/aromatic N) is 2. The van der Waals surface area contributed by atoms with Gasteiger partial charge in [-0.2, -0.15) is 5.26 Å². The lowest BCUT2D eigenvalue weighted by Gasteiger charge is -2.21. The molecule has 4 heteroatoms. The van der Waals surface area contributed by atoms with E-state index in [1.807, 2.05) is 38.1 Å². The molecule has 0 saturated carbocycles. The summed E-state index contributed by atoms with van der Waals surface area (Å²) in [5, 5.41) is 9.49. The first-order chi connectivity index (χ1) is 10.2. The summed E-state index contributed by atoms with van der Waals surface area (Å²) < 4.78 is 0. The summed E-state index contributed by atoms with van der Waals surface area (Å²) >= 11 is 0. The van der Waals surface area contributed by atoms with E-state index in [1.165, 1.54) is 0 Å². The third kappa shape index (κ3) is 2.43. The van der Waals surface area contributed by atoms with Gasteiger partial charge in [0.15, 0.2) is 5.78 Å². The Hall–Kier alpha value is -2.41. The van der Waals surface area contributed by atoms with Crippen molar-refractivity contribution in [1.82, 2.24) is 0 Å². The summed E-state index contributed by atoms with van der Waals surface area (Å²) in [6.45, 7) is 9.07. The van der Waals surface area contributed by atoms with Crippen molar-refractivity contribution in [3.63, 3.8) is 0 Å². The number of ketones is 1. The van der Waals surface area contributed by atoms with Crippen LogP contribution in [0.25, 0.3) is 5.57 Å². The van der Waals surface area contributed by atoms with Gasteiger partial charge in [-0.15, -0.1) is 0 Å². The van der Waals surface area contributed by atoms with Gasteiger partial charge in [0, 0.05) is 17.0 Å². The van der Waals surface area contributed by atoms with Crippen LogP contribution >= 0.6 is 0 Å². The molecule has 0 atom stereocenters. The van der Waals surface area contributed by atoms with Gasteiger partial charge in [-0.05, 0) is 19.9 Å². The lowest BCUT2D eigenvalue weighted by atomic mass is 9.84. The van der Waals surface area contributed by atoms with Crippen molar-refractivity contribution in [3.05, 3.63) is 35.4 Å². The summed E-state index contributed by atoms with van der Waals surface area (Å²) in [5.41, 5.74) is 0.889. The fraction of sp³-hybridized carbons (Fsp3) is 0.389. The highest BCUT2D eigenvalue weighted by Gasteiger charge is 2.39. The van der Waals surface area contributed by atoms with Crippen LogP contribution in [-0.4, -0.2) is 17.7 Å². The predicted molar refractivity (Wildman–Crippen MR) is 86.1 cm³/mol. The number of amides is 1. The maximum Gasteiger partial charge on any atom is 0.260 e. The summed E-state index contributed by atoms with van der Waals surface area (Å²) in [6, 6.07) is 9.21. The van der Waals surface area contributed by atoms with Crippen molar-refractivity contribution in [2.45, 2.75) is 40.7 Å². The molecular formula is C18H20N2O2. The van der Waals surface area contributed by atoms with Gasteiger partial charge in [-0.25, -0.2) is 0 Å². The van der Waals surface area contributed by atoms with Crippen LogP contribution in [0.4, 0.5) is 5.69 Å². The molecule has 2 rings (SSSR count). The van der Waals surface area contributed by atoms with Crippen LogP contribution in [-0.2, 0) is 9.59 Å². The van der Waals surface area contributed by atoms with Gasteiger partial charge in [-0.1, -0.05) is 39.0 Å². The Balaban J connectivity index is 2.75. The molecule has 0 fully saturated rings. The summed E-state index contributed by atoms with van der Waals surface area (Å²) in [6.07, 6.45) is 0. The van der Waals surface area contributed by atoms with Crippen molar-refractivity contribution in [1.29, 1.82) is 5.26 Å². The van der Waals surface area contributed by atoms with E-state index in [-0.39, 0.29) is 28.9 Å². The van der Waals surface area contributed by atoms with Crippen molar-refractivity contribution in [2.24, 2.45) is 5.41 Å². The van der Waals surface area contributed by atoms with Crippen LogP contribution in [0.2, 0.25) is 0 Å². The SMILES string of the molecule is CC(C)N1C(=O)C(=C(C#N)C(=O)C(C)(C)C)c2ccccc21. The number of benzene rings is 1. The lowest BCUT2D eigenvalue weighted by Crippen LogP contribution is -2.34. The van der Waals surface area contributed by atoms with Crippen molar-refractivity contribution in [2.75, 3.05) is 4.90 Å². The fourth-order valence-corrected chi connectivity index (χ4v) is 2.59. The van der Waals surface area contributed by atoms with Crippen molar-refractivity contribution < 1.29 is 9.59 Å². The molecule has 0 saturated heterocycles. The molecule has 1 heterocycles. The number of allylic oxidation sites excluding steroid dienone is 1. The zero-order valence-electron chi connectivity index (χ0n) is 13.6. The van der Waals surface area contributed by atoms with Gasteiger partial charge in [0.25, 0.3) is 5.91 Å². The molecule has 0 aliphatic carbocycles. The molecule has 0 N–H and O–H groups in total. The molecule has 0 bridgehead atoms. The molecule has 1 aromatic rings. The van der Waals surface area contributed by atoms with Crippen LogP contribution in [0.15, 0.2) is 29.8 Å². The Bertz CT molecular complexity index is 715. The number of carbonyl (C=O) groups excluding carboxylic acids is 2. The van der Waals surface area contributed by atoms with Crippen molar-refractivity contribution >= 4 is 23.0 Å². The Kier molecular flexibility index (Phi) is 3.93. The quantitative estimate of drug-likeness (QED) is 0.621. The average molecular weight is 296 g/mol. The predicted octanol–water partition coefficient (Wildman–Crippen LogP) is 3.33. The first-order valence-electron chi connectivity index (χ1n) is 7.32. The number of anilines is 1. The zero-order valence-corrected chi connectivity index (χ0v) is 13.6. The summed E-state index contributed by atoms with van der Waals surface area (Å²) in [4.78, 5) is 27.0. The number of rotatable bonds is 2. The van der Waals surface area contributed by atoms with E-state index in [0.717, 1.165) is 5.69 Å². The van der Waals surface area contributed by atoms with Gasteiger partial charge < -0.3 is 4.90 Å². The number of Topliss-reactive ketones (excluding diaryl/α,β-unsaturated/α-hetero) is 1. The molecule has 0 unspecified atom stereocenters. The highest BCUT2D eigenvalue weighted by molar-refractivity contribution is 6.37. The monoisotopic (exact) mass is 296 g/mol. The number of para-hydroxylation sites is 1. The van der Waals surface area contributed by atoms with E-state index in [0.29, 0.717) is 5.56 Å². The van der Waals surface area contributed by atoms with E-state index in [2.05, 4.69) is 0 Å². The minimum atomic E-state index is -0.710. The van der Waals surface area contributed by atoms with Gasteiger partial charge in [0.1, 0.15) is 11.6 Å². The third-order valence-corrected chi connectivity index (χ3v) is 3.65. The molecule has 0 radical (unpaired) electrons. The van der Waals surface area contributed by atoms with Crippen LogP contribution in [0.5, 0.6) is 0 Å². The van der Waals surface area contributed by atoms with E-state index in [1.54, 1.807) is 31.7 Å². The second-order valence-electron chi connectivity index (χ2n) is 6.73. The fourth-order valence-electron chi connectivity index (χ4n) is 2.59. The van der Waals surface area contributed by atoms with Crippen LogP contribution < -0.4 is 4.90 Å². The number of nitriles is 1. The van der Waals surface area contributed by atoms with E-state index >= 15 is 0 Å². The first kappa shape index (κ1) is 16.0. The zero-order chi connectivity index (χ0) is 16.7. The summed E-state index contributed by atoms with van der Waals surface area (Å²) in [5.74, 6) is -0.580. The molecule has 0 spiro atoms. The Morgan fingerprint density at radius 3 is 2.32 bits per heavy atom. The molecule has 1 aromatic carbocycles. The van der Waals surface area contributed by atoms with Gasteiger partial charge in [0.05, 0.1) is 11.3 Å². The highest BCUT2D eigenvalue weighted by atomic mass is 16.2. The maximum absolute atomic E-state index is 12.8. The van der Waals surface area contributed by atoms with Gasteiger partial charge in [0.2, 0.25) is 0 Å². The van der Waals surface area contributed by atoms with E-state index in [4.69, 9.17) is 0 Å². The minimum absolute atomic E-state index is 0.0455. The minimum Gasteiger partial charge on any atom is -0.305 e. The lowest BCUT2D eigenvalue weighted by molar-refractivity contribution is -0.122. The Morgan fingerprint density at radius 1 is 1.23 bits per heavy atom. The summed E-state index contributed by atoms with van der Waals surface area (Å²) in [7, 11) is 0. The molecule has 0 aromatic heterocycles. The van der Waals surface area contributed by atoms with Crippen LogP contribution in [0, 0.1) is 16.7 Å². The number of hydrogen-bond donors (Lipinski definition) is 0. The largest absolute Gasteiger partial charge is 0.305 e. The van der Waals surface area contributed by atoms with E-state index in [9.17, 15) is 14.9 Å². The molecule has 4 nitrogen and oxygen atoms in total. The topological polar surface area (TPSA) is 61.2 Å². The van der Waals surface area contributed by atoms with Crippen LogP contribution in [0.1, 0.15) is 40.2 Å². The number of carbonyl (C=O) groups is 2. The molecule has 1 aliphatic heterocycles. The van der Waals surface area contributed by atoms with Crippen LogP contribution in [0.3, 0.4) is 0 Å². The number of hydrogen-bond acceptors (Lipinski definition) is 3.